The highest BCUT2D eigenvalue weighted by molar-refractivity contribution is 5.69. The molecule has 0 bridgehead atoms. The van der Waals surface area contributed by atoms with Crippen LogP contribution in [0.3, 0.4) is 0 Å². The third kappa shape index (κ3) is 3.12. The van der Waals surface area contributed by atoms with Crippen molar-refractivity contribution in [3.05, 3.63) is 23.8 Å². The molecule has 0 unspecified atom stereocenters. The summed E-state index contributed by atoms with van der Waals surface area (Å²) in [6, 6.07) is 5.40. The number of aliphatic carboxylic acids is 1. The van der Waals surface area contributed by atoms with Gasteiger partial charge in [-0.2, -0.15) is 0 Å². The first-order valence-electron chi connectivity index (χ1n) is 5.35. The van der Waals surface area contributed by atoms with E-state index in [0.717, 1.165) is 5.56 Å². The van der Waals surface area contributed by atoms with Gasteiger partial charge in [0.15, 0.2) is 0 Å². The predicted octanol–water partition coefficient (Wildman–Crippen LogP) is 2.46. The molecule has 0 aliphatic heterocycles. The molecule has 1 aromatic carbocycles. The average Bonchev–Trinajstić information content (AvgIpc) is 2.26. The van der Waals surface area contributed by atoms with Crippen molar-refractivity contribution in [3.8, 4) is 11.5 Å². The smallest absolute Gasteiger partial charge is 0.304 e. The van der Waals surface area contributed by atoms with E-state index in [2.05, 4.69) is 0 Å². The van der Waals surface area contributed by atoms with E-state index in [-0.39, 0.29) is 6.42 Å². The van der Waals surface area contributed by atoms with Crippen molar-refractivity contribution in [1.29, 1.82) is 0 Å². The molecule has 4 nitrogen and oxygen atoms in total. The lowest BCUT2D eigenvalue weighted by Crippen LogP contribution is -2.22. The lowest BCUT2D eigenvalue weighted by atomic mass is 9.81. The summed E-state index contributed by atoms with van der Waals surface area (Å²) in [6.45, 7) is 3.75. The summed E-state index contributed by atoms with van der Waals surface area (Å²) >= 11 is 0. The van der Waals surface area contributed by atoms with Crippen molar-refractivity contribution >= 4 is 5.97 Å². The van der Waals surface area contributed by atoms with Gasteiger partial charge in [-0.3, -0.25) is 4.79 Å². The minimum absolute atomic E-state index is 0.0382. The minimum Gasteiger partial charge on any atom is -0.497 e. The molecule has 0 radical (unpaired) electrons. The highest BCUT2D eigenvalue weighted by atomic mass is 16.5. The van der Waals surface area contributed by atoms with E-state index < -0.39 is 11.4 Å². The van der Waals surface area contributed by atoms with Gasteiger partial charge in [0.2, 0.25) is 0 Å². The molecule has 0 atom stereocenters. The van der Waals surface area contributed by atoms with Gasteiger partial charge in [-0.1, -0.05) is 13.8 Å². The summed E-state index contributed by atoms with van der Waals surface area (Å²) < 4.78 is 10.4. The van der Waals surface area contributed by atoms with Crippen LogP contribution in [0.2, 0.25) is 0 Å². The normalized spacial score (nSPS) is 11.1. The number of carboxylic acids is 1. The van der Waals surface area contributed by atoms with Crippen LogP contribution in [0.5, 0.6) is 11.5 Å². The number of carboxylic acid groups (broad SMARTS) is 1. The van der Waals surface area contributed by atoms with Crippen molar-refractivity contribution in [1.82, 2.24) is 0 Å². The Morgan fingerprint density at radius 1 is 1.29 bits per heavy atom. The average molecular weight is 238 g/mol. The van der Waals surface area contributed by atoms with Crippen LogP contribution < -0.4 is 9.47 Å². The quantitative estimate of drug-likeness (QED) is 0.856. The molecule has 4 heteroatoms. The summed E-state index contributed by atoms with van der Waals surface area (Å²) in [5.74, 6) is 0.538. The number of benzene rings is 1. The first-order valence-corrected chi connectivity index (χ1v) is 5.35. The van der Waals surface area contributed by atoms with Gasteiger partial charge in [-0.15, -0.1) is 0 Å². The maximum atomic E-state index is 10.9. The summed E-state index contributed by atoms with van der Waals surface area (Å²) in [5.41, 5.74) is 0.327. The molecule has 0 saturated heterocycles. The fraction of sp³-hybridized carbons (Fsp3) is 0.462. The topological polar surface area (TPSA) is 55.8 Å². The van der Waals surface area contributed by atoms with Gasteiger partial charge < -0.3 is 14.6 Å². The van der Waals surface area contributed by atoms with Gasteiger partial charge in [0.05, 0.1) is 20.6 Å². The number of ether oxygens (including phenoxy) is 2. The Morgan fingerprint density at radius 3 is 2.41 bits per heavy atom. The fourth-order valence-electron chi connectivity index (χ4n) is 1.82. The first kappa shape index (κ1) is 13.4. The van der Waals surface area contributed by atoms with E-state index in [1.165, 1.54) is 0 Å². The number of hydrogen-bond donors (Lipinski definition) is 1. The van der Waals surface area contributed by atoms with Gasteiger partial charge in [0.25, 0.3) is 0 Å². The Balaban J connectivity index is 3.21. The summed E-state index contributed by atoms with van der Waals surface area (Å²) in [7, 11) is 3.15. The molecule has 17 heavy (non-hydrogen) atoms. The Kier molecular flexibility index (Phi) is 3.99. The van der Waals surface area contributed by atoms with Crippen LogP contribution in [0.1, 0.15) is 25.8 Å². The van der Waals surface area contributed by atoms with Crippen LogP contribution in [0.4, 0.5) is 0 Å². The maximum absolute atomic E-state index is 10.9. The van der Waals surface area contributed by atoms with Crippen LogP contribution in [-0.4, -0.2) is 25.3 Å². The number of carbonyl (C=O) groups is 1. The molecule has 0 aromatic heterocycles. The summed E-state index contributed by atoms with van der Waals surface area (Å²) in [6.07, 6.45) is 0.0382. The van der Waals surface area contributed by atoms with Crippen molar-refractivity contribution in [3.63, 3.8) is 0 Å². The Labute approximate surface area is 101 Å². The van der Waals surface area contributed by atoms with E-state index in [1.54, 1.807) is 26.4 Å². The lowest BCUT2D eigenvalue weighted by molar-refractivity contribution is -0.138. The van der Waals surface area contributed by atoms with E-state index >= 15 is 0 Å². The number of methoxy groups -OCH3 is 2. The Morgan fingerprint density at radius 2 is 1.94 bits per heavy atom. The third-order valence-corrected chi connectivity index (χ3v) is 2.73. The van der Waals surface area contributed by atoms with Crippen molar-refractivity contribution < 1.29 is 19.4 Å². The highest BCUT2D eigenvalue weighted by Gasteiger charge is 2.27. The predicted molar refractivity (Wildman–Crippen MR) is 64.8 cm³/mol. The number of hydrogen-bond acceptors (Lipinski definition) is 3. The maximum Gasteiger partial charge on any atom is 0.304 e. The second-order valence-electron chi connectivity index (χ2n) is 4.52. The Hall–Kier alpha value is -1.71. The zero-order valence-electron chi connectivity index (χ0n) is 10.6. The lowest BCUT2D eigenvalue weighted by Gasteiger charge is -2.25. The molecular formula is C13H18O4. The molecule has 0 aliphatic carbocycles. The molecule has 0 aliphatic rings. The van der Waals surface area contributed by atoms with Crippen LogP contribution in [0.25, 0.3) is 0 Å². The zero-order valence-corrected chi connectivity index (χ0v) is 10.6. The van der Waals surface area contributed by atoms with Crippen LogP contribution >= 0.6 is 0 Å². The van der Waals surface area contributed by atoms with Crippen LogP contribution in [-0.2, 0) is 10.2 Å². The molecule has 0 heterocycles. The second kappa shape index (κ2) is 5.08. The summed E-state index contributed by atoms with van der Waals surface area (Å²) in [4.78, 5) is 10.9. The second-order valence-corrected chi connectivity index (χ2v) is 4.52. The van der Waals surface area contributed by atoms with Gasteiger partial charge in [0.1, 0.15) is 11.5 Å². The largest absolute Gasteiger partial charge is 0.497 e. The van der Waals surface area contributed by atoms with E-state index in [1.807, 2.05) is 19.9 Å². The van der Waals surface area contributed by atoms with E-state index in [4.69, 9.17) is 14.6 Å². The number of rotatable bonds is 5. The summed E-state index contributed by atoms with van der Waals surface area (Å²) in [5, 5.41) is 8.93. The highest BCUT2D eigenvalue weighted by Crippen LogP contribution is 2.36. The molecule has 0 amide bonds. The van der Waals surface area contributed by atoms with Gasteiger partial charge in [0, 0.05) is 11.0 Å². The van der Waals surface area contributed by atoms with Gasteiger partial charge >= 0.3 is 5.97 Å². The van der Waals surface area contributed by atoms with E-state index in [0.29, 0.717) is 11.5 Å². The van der Waals surface area contributed by atoms with Crippen LogP contribution in [0, 0.1) is 0 Å². The van der Waals surface area contributed by atoms with Crippen molar-refractivity contribution in [2.45, 2.75) is 25.7 Å². The SMILES string of the molecule is COc1ccc(OC)c(C(C)(C)CC(=O)O)c1. The molecule has 1 rings (SSSR count). The van der Waals surface area contributed by atoms with E-state index in [9.17, 15) is 4.79 Å². The third-order valence-electron chi connectivity index (χ3n) is 2.73. The molecule has 0 saturated carbocycles. The first-order chi connectivity index (χ1) is 7.90. The van der Waals surface area contributed by atoms with Crippen molar-refractivity contribution in [2.24, 2.45) is 0 Å². The molecule has 0 fully saturated rings. The van der Waals surface area contributed by atoms with Gasteiger partial charge in [-0.25, -0.2) is 0 Å². The molecule has 0 spiro atoms. The molecule has 1 N–H and O–H groups in total. The molecule has 94 valence electrons. The van der Waals surface area contributed by atoms with Crippen LogP contribution in [0.15, 0.2) is 18.2 Å². The Bertz CT molecular complexity index is 410. The standard InChI is InChI=1S/C13H18O4/c1-13(2,8-12(14)15)10-7-9(16-3)5-6-11(10)17-4/h5-7H,8H2,1-4H3,(H,14,15). The van der Waals surface area contributed by atoms with Gasteiger partial charge in [-0.05, 0) is 18.2 Å². The molecule has 1 aromatic rings. The zero-order chi connectivity index (χ0) is 13.1. The molecular weight excluding hydrogens is 220 g/mol. The monoisotopic (exact) mass is 238 g/mol. The minimum atomic E-state index is -0.833. The van der Waals surface area contributed by atoms with Crippen molar-refractivity contribution in [2.75, 3.05) is 14.2 Å². The fourth-order valence-corrected chi connectivity index (χ4v) is 1.82.